The van der Waals surface area contributed by atoms with Crippen LogP contribution in [0, 0.1) is 6.92 Å². The van der Waals surface area contributed by atoms with Gasteiger partial charge in [-0.2, -0.15) is 0 Å². The Morgan fingerprint density at radius 3 is 2.58 bits per heavy atom. The first kappa shape index (κ1) is 15.7. The highest BCUT2D eigenvalue weighted by Crippen LogP contribution is 2.19. The summed E-state index contributed by atoms with van der Waals surface area (Å²) in [7, 11) is 1.34. The van der Waals surface area contributed by atoms with Gasteiger partial charge < -0.3 is 15.4 Å². The van der Waals surface area contributed by atoms with Crippen LogP contribution in [0.5, 0.6) is 0 Å². The molecule has 0 saturated heterocycles. The van der Waals surface area contributed by atoms with Crippen molar-refractivity contribution in [2.75, 3.05) is 12.4 Å². The molecule has 6 heteroatoms. The van der Waals surface area contributed by atoms with Crippen molar-refractivity contribution in [2.24, 2.45) is 0 Å². The minimum absolute atomic E-state index is 0.348. The second-order valence-corrected chi connectivity index (χ2v) is 5.50. The molecule has 1 aromatic carbocycles. The number of halogens is 1. The minimum Gasteiger partial charge on any atom is -0.467 e. The third-order valence-electron chi connectivity index (χ3n) is 2.56. The summed E-state index contributed by atoms with van der Waals surface area (Å²) >= 11 is 11.1. The Morgan fingerprint density at radius 1 is 1.42 bits per heavy atom. The van der Waals surface area contributed by atoms with Gasteiger partial charge in [0.25, 0.3) is 0 Å². The fourth-order valence-electron chi connectivity index (χ4n) is 1.51. The summed E-state index contributed by atoms with van der Waals surface area (Å²) in [6.45, 7) is 5.31. The number of rotatable bonds is 3. The molecular weight excluding hydrogens is 284 g/mol. The number of carbonyl (C=O) groups excluding carboxylic acids is 1. The van der Waals surface area contributed by atoms with Crippen molar-refractivity contribution in [3.63, 3.8) is 0 Å². The summed E-state index contributed by atoms with van der Waals surface area (Å²) in [5.74, 6) is -0.385. The molecule has 1 aromatic rings. The van der Waals surface area contributed by atoms with E-state index in [4.69, 9.17) is 28.6 Å². The van der Waals surface area contributed by atoms with Gasteiger partial charge in [-0.1, -0.05) is 11.6 Å². The van der Waals surface area contributed by atoms with E-state index in [1.807, 2.05) is 19.1 Å². The van der Waals surface area contributed by atoms with Gasteiger partial charge in [-0.15, -0.1) is 0 Å². The summed E-state index contributed by atoms with van der Waals surface area (Å²) in [5.41, 5.74) is 0.911. The maximum atomic E-state index is 11.5. The molecule has 1 rings (SSSR count). The van der Waals surface area contributed by atoms with E-state index in [1.165, 1.54) is 7.11 Å². The molecule has 0 fully saturated rings. The molecule has 0 spiro atoms. The Morgan fingerprint density at radius 2 is 2.05 bits per heavy atom. The lowest BCUT2D eigenvalue weighted by atomic mass is 10.1. The van der Waals surface area contributed by atoms with Crippen molar-refractivity contribution in [1.29, 1.82) is 0 Å². The number of thiocarbonyl (C=S) groups is 1. The lowest BCUT2D eigenvalue weighted by Crippen LogP contribution is -2.51. The van der Waals surface area contributed by atoms with Gasteiger partial charge in [0.05, 0.1) is 7.11 Å². The van der Waals surface area contributed by atoms with Gasteiger partial charge in [-0.05, 0) is 56.8 Å². The van der Waals surface area contributed by atoms with Crippen LogP contribution in [0.2, 0.25) is 5.02 Å². The van der Waals surface area contributed by atoms with E-state index >= 15 is 0 Å². The molecule has 0 radical (unpaired) electrons. The molecule has 0 bridgehead atoms. The van der Waals surface area contributed by atoms with Crippen LogP contribution in [-0.4, -0.2) is 23.7 Å². The standard InChI is InChI=1S/C13H17ClN2O2S/c1-8-7-9(14)5-6-10(8)15-12(19)16-13(2,3)11(17)18-4/h5-7H,1-4H3,(H2,15,16,19). The highest BCUT2D eigenvalue weighted by molar-refractivity contribution is 7.80. The van der Waals surface area contributed by atoms with E-state index < -0.39 is 5.54 Å². The van der Waals surface area contributed by atoms with Crippen LogP contribution in [0.3, 0.4) is 0 Å². The molecular formula is C13H17ClN2O2S. The number of benzene rings is 1. The monoisotopic (exact) mass is 300 g/mol. The van der Waals surface area contributed by atoms with Crippen LogP contribution in [0.1, 0.15) is 19.4 Å². The number of carbonyl (C=O) groups is 1. The molecule has 104 valence electrons. The van der Waals surface area contributed by atoms with Gasteiger partial charge in [-0.25, -0.2) is 4.79 Å². The van der Waals surface area contributed by atoms with E-state index in [9.17, 15) is 4.79 Å². The second-order valence-electron chi connectivity index (χ2n) is 4.65. The smallest absolute Gasteiger partial charge is 0.330 e. The fourth-order valence-corrected chi connectivity index (χ4v) is 2.10. The number of ether oxygens (including phenoxy) is 1. The van der Waals surface area contributed by atoms with Crippen LogP contribution >= 0.6 is 23.8 Å². The van der Waals surface area contributed by atoms with E-state index in [0.29, 0.717) is 10.1 Å². The van der Waals surface area contributed by atoms with Crippen molar-refractivity contribution in [1.82, 2.24) is 5.32 Å². The summed E-state index contributed by atoms with van der Waals surface area (Å²) in [5, 5.41) is 6.95. The Bertz CT molecular complexity index is 503. The van der Waals surface area contributed by atoms with Gasteiger partial charge in [-0.3, -0.25) is 0 Å². The number of nitrogens with one attached hydrogen (secondary N) is 2. The summed E-state index contributed by atoms with van der Waals surface area (Å²) in [6, 6.07) is 5.43. The molecule has 0 aliphatic heterocycles. The number of esters is 1. The van der Waals surface area contributed by atoms with Gasteiger partial charge in [0, 0.05) is 10.7 Å². The zero-order chi connectivity index (χ0) is 14.6. The predicted molar refractivity (Wildman–Crippen MR) is 81.6 cm³/mol. The third-order valence-corrected chi connectivity index (χ3v) is 3.00. The molecule has 0 heterocycles. The highest BCUT2D eigenvalue weighted by atomic mass is 35.5. The zero-order valence-corrected chi connectivity index (χ0v) is 12.9. The van der Waals surface area contributed by atoms with E-state index in [2.05, 4.69) is 10.6 Å². The average Bonchev–Trinajstić information content (AvgIpc) is 2.31. The number of hydrogen-bond donors (Lipinski definition) is 2. The topological polar surface area (TPSA) is 50.4 Å². The molecule has 0 aromatic heterocycles. The zero-order valence-electron chi connectivity index (χ0n) is 11.3. The van der Waals surface area contributed by atoms with E-state index in [1.54, 1.807) is 19.9 Å². The van der Waals surface area contributed by atoms with Crippen molar-refractivity contribution in [3.8, 4) is 0 Å². The Kier molecular flexibility index (Phi) is 5.14. The minimum atomic E-state index is -0.890. The van der Waals surface area contributed by atoms with Crippen molar-refractivity contribution < 1.29 is 9.53 Å². The average molecular weight is 301 g/mol. The maximum absolute atomic E-state index is 11.5. The largest absolute Gasteiger partial charge is 0.467 e. The first-order valence-corrected chi connectivity index (χ1v) is 6.48. The number of hydrogen-bond acceptors (Lipinski definition) is 3. The fraction of sp³-hybridized carbons (Fsp3) is 0.385. The Hall–Kier alpha value is -1.33. The number of aryl methyl sites for hydroxylation is 1. The molecule has 0 aliphatic carbocycles. The van der Waals surface area contributed by atoms with Gasteiger partial charge in [0.2, 0.25) is 0 Å². The van der Waals surface area contributed by atoms with E-state index in [-0.39, 0.29) is 5.97 Å². The summed E-state index contributed by atoms with van der Waals surface area (Å²) < 4.78 is 4.70. The maximum Gasteiger partial charge on any atom is 0.330 e. The molecule has 0 amide bonds. The van der Waals surface area contributed by atoms with Gasteiger partial charge in [0.1, 0.15) is 5.54 Å². The molecule has 4 nitrogen and oxygen atoms in total. The van der Waals surface area contributed by atoms with Crippen LogP contribution < -0.4 is 10.6 Å². The second kappa shape index (κ2) is 6.21. The molecule has 2 N–H and O–H groups in total. The lowest BCUT2D eigenvalue weighted by Gasteiger charge is -2.25. The summed E-state index contributed by atoms with van der Waals surface area (Å²) in [4.78, 5) is 11.5. The number of methoxy groups -OCH3 is 1. The van der Waals surface area contributed by atoms with Gasteiger partial charge in [0.15, 0.2) is 5.11 Å². The van der Waals surface area contributed by atoms with Crippen molar-refractivity contribution >= 4 is 40.6 Å². The lowest BCUT2D eigenvalue weighted by molar-refractivity contribution is -0.146. The SMILES string of the molecule is COC(=O)C(C)(C)NC(=S)Nc1ccc(Cl)cc1C. The predicted octanol–water partition coefficient (Wildman–Crippen LogP) is 2.89. The first-order chi connectivity index (χ1) is 8.76. The van der Waals surface area contributed by atoms with Crippen LogP contribution in [-0.2, 0) is 9.53 Å². The van der Waals surface area contributed by atoms with Crippen LogP contribution in [0.4, 0.5) is 5.69 Å². The highest BCUT2D eigenvalue weighted by Gasteiger charge is 2.29. The van der Waals surface area contributed by atoms with E-state index in [0.717, 1.165) is 11.3 Å². The van der Waals surface area contributed by atoms with Crippen LogP contribution in [0.15, 0.2) is 18.2 Å². The Labute approximate surface area is 123 Å². The molecule has 0 unspecified atom stereocenters. The molecule has 0 saturated carbocycles. The van der Waals surface area contributed by atoms with Crippen molar-refractivity contribution in [2.45, 2.75) is 26.3 Å². The van der Waals surface area contributed by atoms with Crippen LogP contribution in [0.25, 0.3) is 0 Å². The normalized spacial score (nSPS) is 10.8. The van der Waals surface area contributed by atoms with Crippen molar-refractivity contribution in [3.05, 3.63) is 28.8 Å². The third kappa shape index (κ3) is 4.36. The summed E-state index contributed by atoms with van der Waals surface area (Å²) in [6.07, 6.45) is 0. The number of anilines is 1. The first-order valence-electron chi connectivity index (χ1n) is 5.70. The van der Waals surface area contributed by atoms with Gasteiger partial charge >= 0.3 is 5.97 Å². The Balaban J connectivity index is 2.73. The molecule has 0 aliphatic rings. The quantitative estimate of drug-likeness (QED) is 0.664. The molecule has 19 heavy (non-hydrogen) atoms. The molecule has 0 atom stereocenters.